The summed E-state index contributed by atoms with van der Waals surface area (Å²) < 4.78 is 8.94. The molecule has 0 spiro atoms. The van der Waals surface area contributed by atoms with Crippen molar-refractivity contribution < 1.29 is 9.53 Å². The van der Waals surface area contributed by atoms with Gasteiger partial charge < -0.3 is 15.4 Å². The predicted molar refractivity (Wildman–Crippen MR) is 127 cm³/mol. The summed E-state index contributed by atoms with van der Waals surface area (Å²) in [6.45, 7) is 3.11. The second-order valence-corrected chi connectivity index (χ2v) is 8.17. The lowest BCUT2D eigenvalue weighted by Gasteiger charge is -2.31. The summed E-state index contributed by atoms with van der Waals surface area (Å²) in [5, 5.41) is 0. The van der Waals surface area contributed by atoms with E-state index in [4.69, 9.17) is 10.5 Å². The molecule has 0 saturated carbocycles. The Bertz CT molecular complexity index is 1420. The molecule has 1 unspecified atom stereocenters. The van der Waals surface area contributed by atoms with Gasteiger partial charge in [0, 0.05) is 32.4 Å². The van der Waals surface area contributed by atoms with E-state index in [1.807, 2.05) is 4.90 Å². The predicted octanol–water partition coefficient (Wildman–Crippen LogP) is 0.0774. The second-order valence-electron chi connectivity index (χ2n) is 8.17. The lowest BCUT2D eigenvalue weighted by Crippen LogP contribution is -2.44. The smallest absolute Gasteiger partial charge is 0.339 e. The Morgan fingerprint density at radius 3 is 2.82 bits per heavy atom. The summed E-state index contributed by atoms with van der Waals surface area (Å²) in [4.78, 5) is 50.0. The van der Waals surface area contributed by atoms with Crippen LogP contribution in [0.5, 0.6) is 0 Å². The molecule has 0 radical (unpaired) electrons. The molecule has 4 rings (SSSR count). The number of imidazole rings is 1. The number of ether oxygens (including phenoxy) is 1. The largest absolute Gasteiger partial charge is 0.465 e. The zero-order valence-corrected chi connectivity index (χ0v) is 19.4. The standard InChI is InChI=1S/C23H27N7O4/c1-4-5-12-29-18-19(26-22(29)28-11-7-8-15(24)13-28)27(2)23(33)30(20(18)31)14-17-16(21(32)34-3)9-6-10-25-17/h6,9-10,15H,7-8,11-14,24H2,1-3H3. The highest BCUT2D eigenvalue weighted by Gasteiger charge is 2.26. The molecule has 1 aliphatic rings. The van der Waals surface area contributed by atoms with Gasteiger partial charge in [-0.1, -0.05) is 5.92 Å². The first-order valence-corrected chi connectivity index (χ1v) is 11.0. The maximum Gasteiger partial charge on any atom is 0.339 e. The molecular weight excluding hydrogens is 438 g/mol. The normalized spacial score (nSPS) is 15.8. The molecule has 1 fully saturated rings. The summed E-state index contributed by atoms with van der Waals surface area (Å²) in [6, 6.07) is 3.13. The van der Waals surface area contributed by atoms with Crippen molar-refractivity contribution >= 4 is 23.1 Å². The molecule has 2 N–H and O–H groups in total. The van der Waals surface area contributed by atoms with E-state index in [9.17, 15) is 14.4 Å². The molecule has 0 aliphatic carbocycles. The van der Waals surface area contributed by atoms with E-state index in [1.54, 1.807) is 30.7 Å². The molecule has 3 aromatic rings. The van der Waals surface area contributed by atoms with Crippen LogP contribution in [0.3, 0.4) is 0 Å². The number of hydrogen-bond donors (Lipinski definition) is 1. The number of methoxy groups -OCH3 is 1. The number of aromatic nitrogens is 5. The molecule has 34 heavy (non-hydrogen) atoms. The fraction of sp³-hybridized carbons (Fsp3) is 0.435. The lowest BCUT2D eigenvalue weighted by molar-refractivity contribution is 0.0598. The van der Waals surface area contributed by atoms with Crippen LogP contribution in [0.25, 0.3) is 11.2 Å². The van der Waals surface area contributed by atoms with Gasteiger partial charge in [-0.2, -0.15) is 4.98 Å². The molecule has 178 valence electrons. The minimum Gasteiger partial charge on any atom is -0.465 e. The summed E-state index contributed by atoms with van der Waals surface area (Å²) in [7, 11) is 2.83. The summed E-state index contributed by atoms with van der Waals surface area (Å²) in [5.41, 5.74) is 6.06. The number of pyridine rings is 1. The number of piperidine rings is 1. The van der Waals surface area contributed by atoms with E-state index in [1.165, 1.54) is 17.9 Å². The van der Waals surface area contributed by atoms with Crippen molar-refractivity contribution in [3.63, 3.8) is 0 Å². The van der Waals surface area contributed by atoms with Crippen LogP contribution >= 0.6 is 0 Å². The van der Waals surface area contributed by atoms with Crippen LogP contribution in [0.2, 0.25) is 0 Å². The van der Waals surface area contributed by atoms with Crippen molar-refractivity contribution in [3.8, 4) is 11.8 Å². The van der Waals surface area contributed by atoms with Gasteiger partial charge in [0.1, 0.15) is 0 Å². The minimum atomic E-state index is -0.596. The summed E-state index contributed by atoms with van der Waals surface area (Å²) >= 11 is 0. The minimum absolute atomic E-state index is 0.000599. The van der Waals surface area contributed by atoms with Gasteiger partial charge in [0.15, 0.2) is 11.2 Å². The molecular formula is C23H27N7O4. The quantitative estimate of drug-likeness (QED) is 0.414. The Balaban J connectivity index is 1.92. The zero-order chi connectivity index (χ0) is 24.4. The molecule has 0 amide bonds. The molecule has 11 nitrogen and oxygen atoms in total. The van der Waals surface area contributed by atoms with Crippen molar-refractivity contribution in [2.45, 2.75) is 38.9 Å². The van der Waals surface area contributed by atoms with Crippen LogP contribution in [0.4, 0.5) is 5.95 Å². The average molecular weight is 466 g/mol. The fourth-order valence-corrected chi connectivity index (χ4v) is 4.25. The number of nitrogens with two attached hydrogens (primary N) is 1. The Kier molecular flexibility index (Phi) is 6.51. The van der Waals surface area contributed by atoms with Crippen molar-refractivity contribution in [2.24, 2.45) is 12.8 Å². The van der Waals surface area contributed by atoms with Gasteiger partial charge >= 0.3 is 11.7 Å². The average Bonchev–Trinajstić information content (AvgIpc) is 3.23. The molecule has 3 aromatic heterocycles. The van der Waals surface area contributed by atoms with E-state index in [2.05, 4.69) is 21.8 Å². The van der Waals surface area contributed by atoms with Gasteiger partial charge in [-0.05, 0) is 31.9 Å². The number of rotatable bonds is 5. The van der Waals surface area contributed by atoms with Crippen molar-refractivity contribution in [2.75, 3.05) is 25.1 Å². The number of aryl methyl sites for hydroxylation is 1. The van der Waals surface area contributed by atoms with Crippen LogP contribution in [0.1, 0.15) is 35.8 Å². The fourth-order valence-electron chi connectivity index (χ4n) is 4.25. The van der Waals surface area contributed by atoms with Gasteiger partial charge in [0.2, 0.25) is 5.95 Å². The second kappa shape index (κ2) is 9.52. The van der Waals surface area contributed by atoms with Crippen LogP contribution in [0.15, 0.2) is 27.9 Å². The summed E-state index contributed by atoms with van der Waals surface area (Å²) in [6.07, 6.45) is 3.32. The first kappa shape index (κ1) is 23.3. The third-order valence-electron chi connectivity index (χ3n) is 5.97. The molecule has 1 aliphatic heterocycles. The number of esters is 1. The first-order chi connectivity index (χ1) is 16.4. The van der Waals surface area contributed by atoms with Crippen LogP contribution in [-0.2, 0) is 24.9 Å². The summed E-state index contributed by atoms with van der Waals surface area (Å²) in [5.74, 6) is 5.82. The van der Waals surface area contributed by atoms with E-state index in [0.29, 0.717) is 12.5 Å². The number of hydrogen-bond acceptors (Lipinski definition) is 8. The maximum atomic E-state index is 13.7. The molecule has 0 bridgehead atoms. The highest BCUT2D eigenvalue weighted by molar-refractivity contribution is 5.90. The third-order valence-corrected chi connectivity index (χ3v) is 5.97. The van der Waals surface area contributed by atoms with Gasteiger partial charge in [-0.3, -0.25) is 23.5 Å². The van der Waals surface area contributed by atoms with Crippen molar-refractivity contribution in [1.82, 2.24) is 23.7 Å². The molecule has 0 aromatic carbocycles. The monoisotopic (exact) mass is 465 g/mol. The topological polar surface area (TPSA) is 130 Å². The number of nitrogens with zero attached hydrogens (tertiary/aromatic N) is 6. The van der Waals surface area contributed by atoms with Gasteiger partial charge in [0.05, 0.1) is 31.5 Å². The van der Waals surface area contributed by atoms with Crippen LogP contribution < -0.4 is 21.9 Å². The van der Waals surface area contributed by atoms with Gasteiger partial charge in [-0.15, -0.1) is 5.92 Å². The highest BCUT2D eigenvalue weighted by Crippen LogP contribution is 2.23. The Labute approximate surface area is 195 Å². The Morgan fingerprint density at radius 2 is 2.12 bits per heavy atom. The third kappa shape index (κ3) is 4.08. The SMILES string of the molecule is CC#CCn1c(N2CCCC(N)C2)nc2c1c(=O)n(Cc1ncccc1C(=O)OC)c(=O)n2C. The van der Waals surface area contributed by atoms with Crippen LogP contribution in [0, 0.1) is 11.8 Å². The van der Waals surface area contributed by atoms with E-state index in [-0.39, 0.29) is 41.6 Å². The zero-order valence-electron chi connectivity index (χ0n) is 19.4. The van der Waals surface area contributed by atoms with Crippen molar-refractivity contribution in [3.05, 3.63) is 50.4 Å². The lowest BCUT2D eigenvalue weighted by atomic mass is 10.1. The van der Waals surface area contributed by atoms with Crippen molar-refractivity contribution in [1.29, 1.82) is 0 Å². The van der Waals surface area contributed by atoms with Crippen LogP contribution in [-0.4, -0.2) is 55.9 Å². The molecule has 1 saturated heterocycles. The van der Waals surface area contributed by atoms with E-state index < -0.39 is 17.2 Å². The number of fused-ring (bicyclic) bond motifs is 1. The molecule has 11 heteroatoms. The molecule has 1 atom stereocenters. The number of carbonyl (C=O) groups excluding carboxylic acids is 1. The van der Waals surface area contributed by atoms with E-state index >= 15 is 0 Å². The number of carbonyl (C=O) groups is 1. The first-order valence-electron chi connectivity index (χ1n) is 11.0. The Hall–Kier alpha value is -3.91. The van der Waals surface area contributed by atoms with E-state index in [0.717, 1.165) is 24.0 Å². The number of anilines is 1. The highest BCUT2D eigenvalue weighted by atomic mass is 16.5. The Morgan fingerprint density at radius 1 is 1.32 bits per heavy atom. The molecule has 4 heterocycles. The van der Waals surface area contributed by atoms with Gasteiger partial charge in [0.25, 0.3) is 5.56 Å². The maximum absolute atomic E-state index is 13.7. The van der Waals surface area contributed by atoms with Gasteiger partial charge in [-0.25, -0.2) is 9.59 Å².